The van der Waals surface area contributed by atoms with Crippen LogP contribution in [0.5, 0.6) is 0 Å². The Bertz CT molecular complexity index is 715. The van der Waals surface area contributed by atoms with E-state index in [-0.39, 0.29) is 0 Å². The lowest BCUT2D eigenvalue weighted by molar-refractivity contribution is 1.04. The Kier molecular flexibility index (Phi) is 3.87. The van der Waals surface area contributed by atoms with E-state index in [1.807, 2.05) is 0 Å². The zero-order valence-corrected chi connectivity index (χ0v) is 12.5. The van der Waals surface area contributed by atoms with Gasteiger partial charge < -0.3 is 0 Å². The number of rotatable bonds is 3. The molecule has 2 aromatic carbocycles. The van der Waals surface area contributed by atoms with Gasteiger partial charge in [-0.1, -0.05) is 60.7 Å². The Morgan fingerprint density at radius 1 is 0.905 bits per heavy atom. The lowest BCUT2D eigenvalue weighted by Gasteiger charge is -2.13. The molecule has 0 saturated heterocycles. The minimum atomic E-state index is 1.11. The van der Waals surface area contributed by atoms with Crippen LogP contribution in [0.4, 0.5) is 0 Å². The van der Waals surface area contributed by atoms with Gasteiger partial charge in [-0.05, 0) is 65.8 Å². The van der Waals surface area contributed by atoms with Crippen LogP contribution in [0.2, 0.25) is 0 Å². The van der Waals surface area contributed by atoms with Crippen molar-refractivity contribution in [3.05, 3.63) is 84.5 Å². The molecule has 3 rings (SSSR count). The van der Waals surface area contributed by atoms with Crippen molar-refractivity contribution in [1.29, 1.82) is 0 Å². The molecule has 0 spiro atoms. The summed E-state index contributed by atoms with van der Waals surface area (Å²) in [7, 11) is 0. The van der Waals surface area contributed by atoms with Gasteiger partial charge in [0.2, 0.25) is 0 Å². The molecule has 0 aliphatic heterocycles. The highest BCUT2D eigenvalue weighted by Gasteiger charge is 2.07. The number of benzene rings is 2. The Morgan fingerprint density at radius 3 is 2.33 bits per heavy atom. The molecule has 0 nitrogen and oxygen atoms in total. The van der Waals surface area contributed by atoms with Gasteiger partial charge in [0.1, 0.15) is 0 Å². The van der Waals surface area contributed by atoms with Crippen molar-refractivity contribution in [3.8, 4) is 11.1 Å². The highest BCUT2D eigenvalue weighted by molar-refractivity contribution is 5.82. The predicted molar refractivity (Wildman–Crippen MR) is 92.9 cm³/mol. The van der Waals surface area contributed by atoms with E-state index in [1.165, 1.54) is 27.8 Å². The fourth-order valence-electron chi connectivity index (χ4n) is 2.67. The molecule has 1 aliphatic carbocycles. The highest BCUT2D eigenvalue weighted by Crippen LogP contribution is 2.30. The maximum absolute atomic E-state index is 4.11. The van der Waals surface area contributed by atoms with Crippen LogP contribution in [-0.4, -0.2) is 0 Å². The van der Waals surface area contributed by atoms with Gasteiger partial charge in [-0.2, -0.15) is 0 Å². The zero-order valence-electron chi connectivity index (χ0n) is 12.5. The van der Waals surface area contributed by atoms with Crippen molar-refractivity contribution in [2.24, 2.45) is 0 Å². The zero-order chi connectivity index (χ0) is 14.7. The monoisotopic (exact) mass is 272 g/mol. The second-order valence-electron chi connectivity index (χ2n) is 5.58. The second kappa shape index (κ2) is 5.97. The molecule has 0 aromatic heterocycles. The topological polar surface area (TPSA) is 0 Å². The summed E-state index contributed by atoms with van der Waals surface area (Å²) in [4.78, 5) is 0. The van der Waals surface area contributed by atoms with E-state index < -0.39 is 0 Å². The van der Waals surface area contributed by atoms with Crippen LogP contribution in [0.1, 0.15) is 30.9 Å². The average Bonchev–Trinajstić information content (AvgIpc) is 2.56. The van der Waals surface area contributed by atoms with Crippen LogP contribution >= 0.6 is 0 Å². The van der Waals surface area contributed by atoms with Gasteiger partial charge in [0, 0.05) is 0 Å². The van der Waals surface area contributed by atoms with E-state index in [0.29, 0.717) is 0 Å². The van der Waals surface area contributed by atoms with E-state index in [4.69, 9.17) is 0 Å². The molecular formula is C21H20. The van der Waals surface area contributed by atoms with Crippen molar-refractivity contribution in [2.45, 2.75) is 19.8 Å². The number of hydrogen-bond acceptors (Lipinski definition) is 0. The van der Waals surface area contributed by atoms with Crippen LogP contribution < -0.4 is 0 Å². The summed E-state index contributed by atoms with van der Waals surface area (Å²) in [6.07, 6.45) is 9.09. The normalized spacial score (nSPS) is 13.9. The van der Waals surface area contributed by atoms with Gasteiger partial charge in [0.05, 0.1) is 0 Å². The Balaban J connectivity index is 2.13. The molecule has 0 bridgehead atoms. The van der Waals surface area contributed by atoms with Crippen molar-refractivity contribution in [2.75, 3.05) is 0 Å². The molecule has 0 amide bonds. The molecule has 0 N–H and O–H groups in total. The first-order chi connectivity index (χ1) is 10.2. The lowest BCUT2D eigenvalue weighted by Crippen LogP contribution is -1.91. The van der Waals surface area contributed by atoms with Crippen LogP contribution in [0.25, 0.3) is 22.3 Å². The summed E-state index contributed by atoms with van der Waals surface area (Å²) in [6, 6.07) is 17.3. The van der Waals surface area contributed by atoms with Crippen LogP contribution in [0, 0.1) is 0 Å². The maximum Gasteiger partial charge on any atom is -0.0172 e. The first kappa shape index (κ1) is 13.6. The number of hydrogen-bond donors (Lipinski definition) is 0. The van der Waals surface area contributed by atoms with Gasteiger partial charge >= 0.3 is 0 Å². The molecule has 2 aromatic rings. The van der Waals surface area contributed by atoms with E-state index in [9.17, 15) is 0 Å². The molecule has 0 heteroatoms. The Morgan fingerprint density at radius 2 is 1.67 bits per heavy atom. The van der Waals surface area contributed by atoms with E-state index in [0.717, 1.165) is 18.4 Å². The van der Waals surface area contributed by atoms with Crippen molar-refractivity contribution in [3.63, 3.8) is 0 Å². The summed E-state index contributed by atoms with van der Waals surface area (Å²) < 4.78 is 0. The molecule has 0 fully saturated rings. The van der Waals surface area contributed by atoms with Crippen LogP contribution in [0.3, 0.4) is 0 Å². The van der Waals surface area contributed by atoms with E-state index in [1.54, 1.807) is 0 Å². The maximum atomic E-state index is 4.11. The standard InChI is InChI=1S/C21H20/c1-16(2)19-13-20(17-9-5-3-6-10-17)15-21(14-19)18-11-7-4-8-12-18/h3,5-7,9-15H,1,4,8H2,2H3. The third-order valence-electron chi connectivity index (χ3n) is 3.86. The fraction of sp³-hybridized carbons (Fsp3) is 0.143. The first-order valence-electron chi connectivity index (χ1n) is 7.47. The van der Waals surface area contributed by atoms with Gasteiger partial charge in [-0.3, -0.25) is 0 Å². The van der Waals surface area contributed by atoms with Crippen LogP contribution in [-0.2, 0) is 0 Å². The summed E-state index contributed by atoms with van der Waals surface area (Å²) in [5.74, 6) is 0. The summed E-state index contributed by atoms with van der Waals surface area (Å²) in [6.45, 7) is 6.18. The molecule has 0 atom stereocenters. The smallest absolute Gasteiger partial charge is 0.0172 e. The highest BCUT2D eigenvalue weighted by atomic mass is 14.1. The van der Waals surface area contributed by atoms with Crippen LogP contribution in [0.15, 0.2) is 73.3 Å². The summed E-state index contributed by atoms with van der Waals surface area (Å²) >= 11 is 0. The van der Waals surface area contributed by atoms with Crippen molar-refractivity contribution in [1.82, 2.24) is 0 Å². The number of allylic oxidation sites excluding steroid dienone is 5. The SMILES string of the molecule is C=C(C)c1cc(C2=CCCC=C2)cc(-c2ccccc2)c1. The minimum Gasteiger partial charge on any atom is -0.0955 e. The van der Waals surface area contributed by atoms with Gasteiger partial charge in [-0.25, -0.2) is 0 Å². The predicted octanol–water partition coefficient (Wildman–Crippen LogP) is 6.12. The fourth-order valence-corrected chi connectivity index (χ4v) is 2.67. The third-order valence-corrected chi connectivity index (χ3v) is 3.86. The lowest BCUT2D eigenvalue weighted by atomic mass is 9.92. The molecule has 0 heterocycles. The molecule has 1 aliphatic rings. The van der Waals surface area contributed by atoms with E-state index in [2.05, 4.69) is 80.3 Å². The molecule has 0 unspecified atom stereocenters. The Hall–Kier alpha value is -2.34. The molecule has 0 radical (unpaired) electrons. The third kappa shape index (κ3) is 3.05. The largest absolute Gasteiger partial charge is 0.0955 e. The summed E-state index contributed by atoms with van der Waals surface area (Å²) in [5.41, 5.74) is 7.43. The van der Waals surface area contributed by atoms with Crippen molar-refractivity contribution < 1.29 is 0 Å². The molecule has 104 valence electrons. The molecule has 0 saturated carbocycles. The molecular weight excluding hydrogens is 252 g/mol. The summed E-state index contributed by atoms with van der Waals surface area (Å²) in [5, 5.41) is 0. The first-order valence-corrected chi connectivity index (χ1v) is 7.47. The van der Waals surface area contributed by atoms with E-state index >= 15 is 0 Å². The second-order valence-corrected chi connectivity index (χ2v) is 5.58. The average molecular weight is 272 g/mol. The quantitative estimate of drug-likeness (QED) is 0.631. The minimum absolute atomic E-state index is 1.11. The van der Waals surface area contributed by atoms with Gasteiger partial charge in [0.25, 0.3) is 0 Å². The van der Waals surface area contributed by atoms with Gasteiger partial charge in [-0.15, -0.1) is 0 Å². The van der Waals surface area contributed by atoms with Crippen molar-refractivity contribution >= 4 is 11.1 Å². The Labute approximate surface area is 127 Å². The van der Waals surface area contributed by atoms with Gasteiger partial charge in [0.15, 0.2) is 0 Å². The molecule has 21 heavy (non-hydrogen) atoms.